The van der Waals surface area contributed by atoms with E-state index in [0.29, 0.717) is 16.3 Å². The first-order valence-electron chi connectivity index (χ1n) is 7.41. The Morgan fingerprint density at radius 3 is 1.90 bits per heavy atom. The zero-order chi connectivity index (χ0) is 15.7. The Bertz CT molecular complexity index is 496. The molecule has 1 aromatic carbocycles. The van der Waals surface area contributed by atoms with Gasteiger partial charge in [-0.15, -0.1) is 7.55 Å². The van der Waals surface area contributed by atoms with E-state index in [2.05, 4.69) is 59.2 Å². The van der Waals surface area contributed by atoms with Gasteiger partial charge in [-0.05, 0) is 66.3 Å². The van der Waals surface area contributed by atoms with E-state index in [-0.39, 0.29) is 0 Å². The normalized spacial score (nSPS) is 14.6. The molecule has 0 saturated carbocycles. The van der Waals surface area contributed by atoms with Gasteiger partial charge >= 0.3 is 0 Å². The summed E-state index contributed by atoms with van der Waals surface area (Å²) in [6.45, 7) is 18.1. The molecule has 0 heterocycles. The molecule has 20 heavy (non-hydrogen) atoms. The minimum Gasteiger partial charge on any atom is -0.507 e. The summed E-state index contributed by atoms with van der Waals surface area (Å²) >= 11 is 0. The van der Waals surface area contributed by atoms with Gasteiger partial charge in [-0.25, -0.2) is 0 Å². The summed E-state index contributed by atoms with van der Waals surface area (Å²) in [5.41, 5.74) is 3.57. The maximum absolute atomic E-state index is 9.87. The summed E-state index contributed by atoms with van der Waals surface area (Å²) in [7, 11) is -0.603. The molecule has 0 spiro atoms. The van der Waals surface area contributed by atoms with Crippen LogP contribution in [0.25, 0.3) is 0 Å². The monoisotopic (exact) mass is 294 g/mol. The van der Waals surface area contributed by atoms with Gasteiger partial charge in [0.25, 0.3) is 0 Å². The minimum atomic E-state index is -0.603. The Morgan fingerprint density at radius 1 is 1.05 bits per heavy atom. The molecule has 1 unspecified atom stereocenters. The molecular formula is C18H31OP. The van der Waals surface area contributed by atoms with Crippen LogP contribution in [0.15, 0.2) is 12.1 Å². The molecule has 0 fully saturated rings. The third kappa shape index (κ3) is 4.70. The first-order valence-corrected chi connectivity index (χ1v) is 9.49. The van der Waals surface area contributed by atoms with E-state index in [1.807, 2.05) is 13.8 Å². The number of hydrogen-bond acceptors (Lipinski definition) is 1. The van der Waals surface area contributed by atoms with Crippen molar-refractivity contribution in [1.82, 2.24) is 0 Å². The van der Waals surface area contributed by atoms with Gasteiger partial charge in [0, 0.05) is 0 Å². The maximum atomic E-state index is 9.87. The van der Waals surface area contributed by atoms with Gasteiger partial charge in [-0.3, -0.25) is 0 Å². The highest BCUT2D eigenvalue weighted by Gasteiger charge is 2.26. The molecule has 1 rings (SSSR count). The highest BCUT2D eigenvalue weighted by Crippen LogP contribution is 2.44. The summed E-state index contributed by atoms with van der Waals surface area (Å²) in [6.07, 6.45) is 1.23. The van der Waals surface area contributed by atoms with Crippen LogP contribution in [0.5, 0.6) is 5.75 Å². The molecule has 1 nitrogen and oxygen atoms in total. The third-order valence-electron chi connectivity index (χ3n) is 3.94. The van der Waals surface area contributed by atoms with E-state index in [1.165, 1.54) is 12.0 Å². The van der Waals surface area contributed by atoms with Crippen LogP contribution in [0.4, 0.5) is 0 Å². The van der Waals surface area contributed by atoms with Gasteiger partial charge in [0.05, 0.1) is 0 Å². The van der Waals surface area contributed by atoms with E-state index >= 15 is 0 Å². The first kappa shape index (κ1) is 17.4. The summed E-state index contributed by atoms with van der Waals surface area (Å²) in [5.74, 6) is 2.87. The van der Waals surface area contributed by atoms with E-state index in [1.54, 1.807) is 0 Å². The SMILES string of the molecule is Cc1cc(/C=[PH](\C)C(C)(C)CC(C)(C)C)cc(C)c1O. The zero-order valence-electron chi connectivity index (χ0n) is 14.4. The van der Waals surface area contributed by atoms with Crippen molar-refractivity contribution in [3.05, 3.63) is 28.8 Å². The van der Waals surface area contributed by atoms with Crippen LogP contribution in [-0.4, -0.2) is 22.7 Å². The molecule has 2 heteroatoms. The van der Waals surface area contributed by atoms with Crippen LogP contribution in [0.3, 0.4) is 0 Å². The number of hydrogen-bond donors (Lipinski definition) is 1. The second-order valence-corrected chi connectivity index (χ2v) is 11.0. The summed E-state index contributed by atoms with van der Waals surface area (Å²) < 4.78 is 0. The fraction of sp³-hybridized carbons (Fsp3) is 0.611. The highest BCUT2D eigenvalue weighted by molar-refractivity contribution is 7.58. The molecule has 0 radical (unpaired) electrons. The molecule has 0 bridgehead atoms. The van der Waals surface area contributed by atoms with Crippen LogP contribution < -0.4 is 0 Å². The fourth-order valence-electron chi connectivity index (χ4n) is 2.98. The molecule has 1 N–H and O–H groups in total. The molecule has 0 saturated heterocycles. The number of benzene rings is 1. The van der Waals surface area contributed by atoms with Crippen molar-refractivity contribution >= 4 is 13.3 Å². The van der Waals surface area contributed by atoms with Crippen LogP contribution in [0.1, 0.15) is 57.7 Å². The van der Waals surface area contributed by atoms with Crippen molar-refractivity contribution in [1.29, 1.82) is 0 Å². The maximum Gasteiger partial charge on any atom is 0.121 e. The quantitative estimate of drug-likeness (QED) is 0.758. The molecule has 0 amide bonds. The summed E-state index contributed by atoms with van der Waals surface area (Å²) in [4.78, 5) is 0. The molecule has 1 aromatic rings. The number of aromatic hydroxyl groups is 1. The molecule has 0 aliphatic carbocycles. The van der Waals surface area contributed by atoms with Gasteiger partial charge < -0.3 is 5.11 Å². The lowest BCUT2D eigenvalue weighted by Crippen LogP contribution is -2.23. The van der Waals surface area contributed by atoms with Crippen molar-refractivity contribution in [2.75, 3.05) is 6.66 Å². The Balaban J connectivity index is 3.10. The fourth-order valence-corrected chi connectivity index (χ4v) is 4.85. The van der Waals surface area contributed by atoms with Crippen molar-refractivity contribution in [3.63, 3.8) is 0 Å². The molecule has 0 aliphatic heterocycles. The van der Waals surface area contributed by atoms with Gasteiger partial charge in [0.2, 0.25) is 0 Å². The van der Waals surface area contributed by atoms with E-state index < -0.39 is 7.55 Å². The van der Waals surface area contributed by atoms with Gasteiger partial charge in [-0.1, -0.05) is 40.4 Å². The Labute approximate surface area is 125 Å². The zero-order valence-corrected chi connectivity index (χ0v) is 15.4. The molecule has 114 valence electrons. The van der Waals surface area contributed by atoms with Crippen molar-refractivity contribution < 1.29 is 5.11 Å². The highest BCUT2D eigenvalue weighted by atomic mass is 31.1. The van der Waals surface area contributed by atoms with Crippen molar-refractivity contribution in [2.45, 2.75) is 60.0 Å². The first-order chi connectivity index (χ1) is 8.92. The topological polar surface area (TPSA) is 20.2 Å². The Morgan fingerprint density at radius 2 is 1.50 bits per heavy atom. The van der Waals surface area contributed by atoms with Gasteiger partial charge in [0.15, 0.2) is 0 Å². The summed E-state index contributed by atoms with van der Waals surface area (Å²) in [5, 5.41) is 10.2. The van der Waals surface area contributed by atoms with Crippen LogP contribution in [0, 0.1) is 19.3 Å². The lowest BCUT2D eigenvalue weighted by molar-refractivity contribution is 0.337. The largest absolute Gasteiger partial charge is 0.507 e. The number of rotatable bonds is 3. The Kier molecular flexibility index (Phi) is 5.19. The van der Waals surface area contributed by atoms with Crippen molar-refractivity contribution in [2.24, 2.45) is 5.41 Å². The standard InChI is InChI=1S/C18H31OP/c1-13-9-15(10-14(2)16(13)19)11-20(8)18(6,7)12-17(3,4)5/h9-11,19-20H,12H2,1-8H3. The van der Waals surface area contributed by atoms with Crippen LogP contribution in [-0.2, 0) is 0 Å². The lowest BCUT2D eigenvalue weighted by Gasteiger charge is -2.34. The molecule has 0 aromatic heterocycles. The van der Waals surface area contributed by atoms with Crippen molar-refractivity contribution in [3.8, 4) is 5.75 Å². The molecule has 1 atom stereocenters. The van der Waals surface area contributed by atoms with E-state index in [9.17, 15) is 5.11 Å². The summed E-state index contributed by atoms with van der Waals surface area (Å²) in [6, 6.07) is 4.20. The smallest absolute Gasteiger partial charge is 0.121 e. The molecular weight excluding hydrogens is 263 g/mol. The lowest BCUT2D eigenvalue weighted by atomic mass is 9.86. The predicted molar refractivity (Wildman–Crippen MR) is 95.1 cm³/mol. The average Bonchev–Trinajstić information content (AvgIpc) is 2.22. The van der Waals surface area contributed by atoms with Crippen LogP contribution in [0.2, 0.25) is 0 Å². The second-order valence-electron chi connectivity index (χ2n) is 7.95. The number of aryl methyl sites for hydroxylation is 2. The number of phenolic OH excluding ortho intramolecular Hbond substituents is 1. The van der Waals surface area contributed by atoms with E-state index in [0.717, 1.165) is 11.1 Å². The molecule has 0 aliphatic rings. The third-order valence-corrected chi connectivity index (χ3v) is 7.01. The number of phenols is 1. The minimum absolute atomic E-state index is 0.364. The van der Waals surface area contributed by atoms with Gasteiger partial charge in [-0.2, -0.15) is 0 Å². The average molecular weight is 294 g/mol. The Hall–Kier alpha value is -0.680. The predicted octanol–water partition coefficient (Wildman–Crippen LogP) is 5.22. The van der Waals surface area contributed by atoms with Crippen LogP contribution >= 0.6 is 7.55 Å². The van der Waals surface area contributed by atoms with E-state index in [4.69, 9.17) is 0 Å². The second kappa shape index (κ2) is 5.98. The van der Waals surface area contributed by atoms with Gasteiger partial charge in [0.1, 0.15) is 5.75 Å².